The van der Waals surface area contributed by atoms with E-state index in [-0.39, 0.29) is 11.1 Å². The standard InChI is InChI=1S/C11H19N3O2S2/c1-6-7(2)18-9(5-17-6)10-13-11(16-14-10)8(15)3-4-12/h6-9,15H,3-5,12H2,1-2H3. The molecule has 0 radical (unpaired) electrons. The van der Waals surface area contributed by atoms with E-state index < -0.39 is 6.10 Å². The van der Waals surface area contributed by atoms with Crippen molar-refractivity contribution in [3.05, 3.63) is 11.7 Å². The molecule has 102 valence electrons. The van der Waals surface area contributed by atoms with E-state index in [0.29, 0.717) is 29.3 Å². The molecule has 2 heterocycles. The zero-order valence-corrected chi connectivity index (χ0v) is 12.2. The number of hydrogen-bond acceptors (Lipinski definition) is 7. The summed E-state index contributed by atoms with van der Waals surface area (Å²) >= 11 is 3.81. The molecule has 2 rings (SSSR count). The Balaban J connectivity index is 2.01. The van der Waals surface area contributed by atoms with Crippen LogP contribution in [-0.4, -0.2) is 38.0 Å². The van der Waals surface area contributed by atoms with Gasteiger partial charge in [0.25, 0.3) is 5.89 Å². The summed E-state index contributed by atoms with van der Waals surface area (Å²) in [5, 5.41) is 15.2. The van der Waals surface area contributed by atoms with Crippen LogP contribution in [0.3, 0.4) is 0 Å². The van der Waals surface area contributed by atoms with E-state index in [0.717, 1.165) is 5.75 Å². The van der Waals surface area contributed by atoms with Crippen molar-refractivity contribution in [2.24, 2.45) is 5.73 Å². The molecule has 5 nitrogen and oxygen atoms in total. The van der Waals surface area contributed by atoms with E-state index >= 15 is 0 Å². The van der Waals surface area contributed by atoms with E-state index in [2.05, 4.69) is 24.0 Å². The van der Waals surface area contributed by atoms with Gasteiger partial charge in [0.15, 0.2) is 5.82 Å². The van der Waals surface area contributed by atoms with Gasteiger partial charge in [0.2, 0.25) is 0 Å². The average Bonchev–Trinajstić information content (AvgIpc) is 2.82. The number of hydrogen-bond donors (Lipinski definition) is 2. The first-order valence-electron chi connectivity index (χ1n) is 6.10. The second-order valence-electron chi connectivity index (χ2n) is 4.45. The Bertz CT molecular complexity index is 388. The molecule has 0 aromatic carbocycles. The largest absolute Gasteiger partial charge is 0.383 e. The summed E-state index contributed by atoms with van der Waals surface area (Å²) < 4.78 is 5.11. The molecule has 7 heteroatoms. The number of rotatable bonds is 4. The maximum absolute atomic E-state index is 9.74. The summed E-state index contributed by atoms with van der Waals surface area (Å²) in [7, 11) is 0. The average molecular weight is 289 g/mol. The smallest absolute Gasteiger partial charge is 0.255 e. The van der Waals surface area contributed by atoms with Crippen molar-refractivity contribution in [1.29, 1.82) is 0 Å². The Labute approximate surface area is 115 Å². The fourth-order valence-electron chi connectivity index (χ4n) is 1.71. The Kier molecular flexibility index (Phi) is 4.94. The Morgan fingerprint density at radius 1 is 1.50 bits per heavy atom. The number of aliphatic hydroxyl groups is 1. The second-order valence-corrected chi connectivity index (χ2v) is 7.45. The normalized spacial score (nSPS) is 30.3. The number of aromatic nitrogens is 2. The fraction of sp³-hybridized carbons (Fsp3) is 0.818. The highest BCUT2D eigenvalue weighted by Gasteiger charge is 2.30. The third kappa shape index (κ3) is 3.20. The van der Waals surface area contributed by atoms with Gasteiger partial charge in [-0.15, -0.1) is 11.8 Å². The zero-order chi connectivity index (χ0) is 13.1. The molecule has 1 aliphatic heterocycles. The Hall–Kier alpha value is -0.240. The summed E-state index contributed by atoms with van der Waals surface area (Å²) in [6.45, 7) is 4.87. The second kappa shape index (κ2) is 6.27. The summed E-state index contributed by atoms with van der Waals surface area (Å²) in [5.41, 5.74) is 5.39. The summed E-state index contributed by atoms with van der Waals surface area (Å²) in [4.78, 5) is 4.29. The molecular weight excluding hydrogens is 270 g/mol. The molecule has 1 aromatic rings. The molecule has 1 fully saturated rings. The minimum absolute atomic E-state index is 0.253. The number of aliphatic hydroxyl groups excluding tert-OH is 1. The van der Waals surface area contributed by atoms with Gasteiger partial charge in [-0.05, 0) is 13.0 Å². The maximum Gasteiger partial charge on any atom is 0.255 e. The molecule has 0 bridgehead atoms. The van der Waals surface area contributed by atoms with Crippen LogP contribution in [0.2, 0.25) is 0 Å². The van der Waals surface area contributed by atoms with Crippen LogP contribution in [-0.2, 0) is 0 Å². The fourth-order valence-corrected chi connectivity index (χ4v) is 4.55. The molecule has 3 N–H and O–H groups in total. The van der Waals surface area contributed by atoms with Crippen molar-refractivity contribution in [1.82, 2.24) is 10.1 Å². The van der Waals surface area contributed by atoms with Gasteiger partial charge in [-0.1, -0.05) is 19.0 Å². The minimum Gasteiger partial charge on any atom is -0.383 e. The van der Waals surface area contributed by atoms with E-state index in [9.17, 15) is 5.11 Å². The number of thioether (sulfide) groups is 2. The predicted octanol–water partition coefficient (Wildman–Crippen LogP) is 1.75. The van der Waals surface area contributed by atoms with Crippen molar-refractivity contribution in [3.63, 3.8) is 0 Å². The molecule has 4 atom stereocenters. The van der Waals surface area contributed by atoms with Gasteiger partial charge in [0, 0.05) is 16.3 Å². The van der Waals surface area contributed by atoms with Crippen LogP contribution in [0.25, 0.3) is 0 Å². The van der Waals surface area contributed by atoms with Crippen molar-refractivity contribution >= 4 is 23.5 Å². The Morgan fingerprint density at radius 2 is 2.28 bits per heavy atom. The molecular formula is C11H19N3O2S2. The maximum atomic E-state index is 9.74. The first kappa shape index (κ1) is 14.2. The molecule has 0 aliphatic carbocycles. The summed E-state index contributed by atoms with van der Waals surface area (Å²) in [5.74, 6) is 1.96. The quantitative estimate of drug-likeness (QED) is 0.873. The molecule has 1 aliphatic rings. The van der Waals surface area contributed by atoms with Crippen LogP contribution in [0.5, 0.6) is 0 Å². The molecule has 1 saturated heterocycles. The van der Waals surface area contributed by atoms with E-state index in [1.165, 1.54) is 0 Å². The first-order chi connectivity index (χ1) is 8.61. The molecule has 4 unspecified atom stereocenters. The van der Waals surface area contributed by atoms with Gasteiger partial charge >= 0.3 is 0 Å². The van der Waals surface area contributed by atoms with Crippen LogP contribution in [0.4, 0.5) is 0 Å². The van der Waals surface area contributed by atoms with Crippen molar-refractivity contribution in [2.75, 3.05) is 12.3 Å². The molecule has 0 saturated carbocycles. The lowest BCUT2D eigenvalue weighted by molar-refractivity contribution is 0.127. The van der Waals surface area contributed by atoms with E-state index in [1.54, 1.807) is 0 Å². The van der Waals surface area contributed by atoms with Crippen molar-refractivity contribution in [3.8, 4) is 0 Å². The van der Waals surface area contributed by atoms with Crippen LogP contribution in [0, 0.1) is 0 Å². The molecule has 1 aromatic heterocycles. The van der Waals surface area contributed by atoms with Crippen molar-refractivity contribution in [2.45, 2.75) is 42.1 Å². The lowest BCUT2D eigenvalue weighted by atomic mass is 10.2. The topological polar surface area (TPSA) is 85.2 Å². The lowest BCUT2D eigenvalue weighted by Crippen LogP contribution is -2.22. The van der Waals surface area contributed by atoms with Gasteiger partial charge in [-0.25, -0.2) is 0 Å². The zero-order valence-electron chi connectivity index (χ0n) is 10.6. The number of nitrogens with two attached hydrogens (primary N) is 1. The summed E-state index contributed by atoms with van der Waals surface area (Å²) in [6, 6.07) is 0. The van der Waals surface area contributed by atoms with Gasteiger partial charge in [0.1, 0.15) is 6.10 Å². The van der Waals surface area contributed by atoms with Gasteiger partial charge in [0.05, 0.1) is 5.25 Å². The number of nitrogens with zero attached hydrogens (tertiary/aromatic N) is 2. The predicted molar refractivity (Wildman–Crippen MR) is 74.6 cm³/mol. The van der Waals surface area contributed by atoms with Crippen LogP contribution in [0.1, 0.15) is 43.3 Å². The molecule has 0 amide bonds. The van der Waals surface area contributed by atoms with Crippen LogP contribution in [0.15, 0.2) is 4.52 Å². The monoisotopic (exact) mass is 289 g/mol. The Morgan fingerprint density at radius 3 is 2.94 bits per heavy atom. The highest BCUT2D eigenvalue weighted by molar-refractivity contribution is 8.07. The van der Waals surface area contributed by atoms with Crippen LogP contribution >= 0.6 is 23.5 Å². The van der Waals surface area contributed by atoms with Gasteiger partial charge < -0.3 is 15.4 Å². The third-order valence-electron chi connectivity index (χ3n) is 3.02. The molecule has 18 heavy (non-hydrogen) atoms. The van der Waals surface area contributed by atoms with Gasteiger partial charge in [-0.2, -0.15) is 16.7 Å². The van der Waals surface area contributed by atoms with E-state index in [1.807, 2.05) is 23.5 Å². The highest BCUT2D eigenvalue weighted by atomic mass is 32.2. The van der Waals surface area contributed by atoms with E-state index in [4.69, 9.17) is 10.3 Å². The summed E-state index contributed by atoms with van der Waals surface area (Å²) in [6.07, 6.45) is -0.296. The SMILES string of the molecule is CC1SCC(c2noc(C(O)CCN)n2)SC1C. The lowest BCUT2D eigenvalue weighted by Gasteiger charge is -2.29. The van der Waals surface area contributed by atoms with Crippen molar-refractivity contribution < 1.29 is 9.63 Å². The van der Waals surface area contributed by atoms with Crippen LogP contribution < -0.4 is 5.73 Å². The highest BCUT2D eigenvalue weighted by Crippen LogP contribution is 2.43. The third-order valence-corrected chi connectivity index (χ3v) is 6.41. The minimum atomic E-state index is -0.742. The molecule has 0 spiro atoms. The first-order valence-corrected chi connectivity index (χ1v) is 8.09. The van der Waals surface area contributed by atoms with Gasteiger partial charge in [-0.3, -0.25) is 0 Å².